The molecule has 4 fully saturated rings. The monoisotopic (exact) mass is 384 g/mol. The van der Waals surface area contributed by atoms with Crippen molar-refractivity contribution in [1.82, 2.24) is 21.3 Å². The van der Waals surface area contributed by atoms with Gasteiger partial charge in [0.05, 0.1) is 5.60 Å². The van der Waals surface area contributed by atoms with Crippen LogP contribution in [0.2, 0.25) is 0 Å². The van der Waals surface area contributed by atoms with Gasteiger partial charge in [0.15, 0.2) is 0 Å². The van der Waals surface area contributed by atoms with E-state index in [-0.39, 0.29) is 17.9 Å². The molecule has 2 saturated heterocycles. The van der Waals surface area contributed by atoms with Gasteiger partial charge in [-0.15, -0.1) is 0 Å². The van der Waals surface area contributed by atoms with Crippen molar-refractivity contribution in [3.8, 4) is 0 Å². The Balaban J connectivity index is 1.36. The molecule has 2 heterocycles. The smallest absolute Gasteiger partial charge is 0.226 e. The van der Waals surface area contributed by atoms with E-state index in [9.17, 15) is 9.90 Å². The quantitative estimate of drug-likeness (QED) is 0.626. The molecule has 3 unspecified atom stereocenters. The van der Waals surface area contributed by atoms with E-state index in [0.29, 0.717) is 31.0 Å². The third kappa shape index (κ3) is 3.07. The Morgan fingerprint density at radius 1 is 1.04 bits per heavy atom. The largest absolute Gasteiger partial charge is 0.385 e. The second-order valence-corrected chi connectivity index (χ2v) is 9.17. The number of hydrogen-bond donors (Lipinski definition) is 4. The fourth-order valence-corrected chi connectivity index (χ4v) is 6.23. The van der Waals surface area contributed by atoms with Crippen molar-refractivity contribution in [2.24, 2.45) is 11.8 Å². The minimum atomic E-state index is -0.804. The van der Waals surface area contributed by atoms with Crippen LogP contribution in [0.5, 0.6) is 0 Å². The highest BCUT2D eigenvalue weighted by Gasteiger charge is 2.51. The third-order valence-electron chi connectivity index (χ3n) is 7.75. The molecule has 2 aliphatic heterocycles. The van der Waals surface area contributed by atoms with Crippen LogP contribution in [0.15, 0.2) is 30.3 Å². The van der Waals surface area contributed by atoms with Gasteiger partial charge in [-0.2, -0.15) is 5.53 Å². The summed E-state index contributed by atoms with van der Waals surface area (Å²) in [7, 11) is 0. The predicted molar refractivity (Wildman–Crippen MR) is 107 cm³/mol. The van der Waals surface area contributed by atoms with Crippen molar-refractivity contribution in [2.75, 3.05) is 6.54 Å². The average molecular weight is 385 g/mol. The molecule has 28 heavy (non-hydrogen) atoms. The highest BCUT2D eigenvalue weighted by molar-refractivity contribution is 5.79. The third-order valence-corrected chi connectivity index (χ3v) is 7.75. The van der Waals surface area contributed by atoms with Crippen molar-refractivity contribution in [3.63, 3.8) is 0 Å². The van der Waals surface area contributed by atoms with Crippen LogP contribution >= 0.6 is 0 Å². The molecular formula is C22H32N4O2. The van der Waals surface area contributed by atoms with Gasteiger partial charge in [-0.1, -0.05) is 43.2 Å². The van der Waals surface area contributed by atoms with Crippen molar-refractivity contribution in [1.29, 1.82) is 0 Å². The Morgan fingerprint density at radius 2 is 1.82 bits per heavy atom. The zero-order valence-electron chi connectivity index (χ0n) is 16.4. The van der Waals surface area contributed by atoms with E-state index in [0.717, 1.165) is 50.5 Å². The zero-order valence-corrected chi connectivity index (χ0v) is 16.4. The first kappa shape index (κ1) is 18.6. The number of aliphatic hydroxyl groups is 1. The molecule has 1 aromatic rings. The Labute approximate surface area is 167 Å². The molecule has 5 rings (SSSR count). The number of nitrogens with one attached hydrogen (secondary N) is 3. The molecule has 0 aromatic heterocycles. The van der Waals surface area contributed by atoms with E-state index in [1.54, 1.807) is 0 Å². The molecule has 152 valence electrons. The summed E-state index contributed by atoms with van der Waals surface area (Å²) < 4.78 is 0. The fraction of sp³-hybridized carbons (Fsp3) is 0.682. The van der Waals surface area contributed by atoms with Gasteiger partial charge in [-0.05, 0) is 44.1 Å². The standard InChI is InChI=1S/C22H32N4O2/c27-21(15-10-11-18-19(14-15)24-25-23-18)26-13-12-22(28,16-6-2-1-3-7-16)17-8-4-5-9-20(17)26/h1-3,6-7,15,17-20,23-25,28H,4-5,8-14H2/t15?,17-,18?,19?,20-,22+/m1/s1. The van der Waals surface area contributed by atoms with E-state index in [4.69, 9.17) is 0 Å². The molecule has 2 saturated carbocycles. The molecule has 0 spiro atoms. The molecule has 4 aliphatic rings. The zero-order chi connectivity index (χ0) is 19.1. The van der Waals surface area contributed by atoms with Crippen LogP contribution in [0.4, 0.5) is 0 Å². The summed E-state index contributed by atoms with van der Waals surface area (Å²) >= 11 is 0. The lowest BCUT2D eigenvalue weighted by molar-refractivity contribution is -0.159. The highest BCUT2D eigenvalue weighted by atomic mass is 16.3. The van der Waals surface area contributed by atoms with Crippen molar-refractivity contribution in [2.45, 2.75) is 75.1 Å². The molecular weight excluding hydrogens is 352 g/mol. The van der Waals surface area contributed by atoms with Crippen LogP contribution in [0.25, 0.3) is 0 Å². The van der Waals surface area contributed by atoms with Crippen LogP contribution in [-0.2, 0) is 10.4 Å². The van der Waals surface area contributed by atoms with Crippen LogP contribution in [0.1, 0.15) is 56.9 Å². The normalized spacial score (nSPS) is 40.6. The number of carbonyl (C=O) groups is 1. The number of likely N-dealkylation sites (tertiary alicyclic amines) is 1. The molecule has 1 amide bonds. The second kappa shape index (κ2) is 7.41. The summed E-state index contributed by atoms with van der Waals surface area (Å²) in [6.45, 7) is 0.667. The number of benzene rings is 1. The van der Waals surface area contributed by atoms with Gasteiger partial charge in [-0.25, -0.2) is 10.9 Å². The van der Waals surface area contributed by atoms with Gasteiger partial charge in [0.2, 0.25) is 5.91 Å². The summed E-state index contributed by atoms with van der Waals surface area (Å²) in [5, 5.41) is 11.7. The number of amides is 1. The minimum absolute atomic E-state index is 0.0981. The van der Waals surface area contributed by atoms with Crippen LogP contribution in [-0.4, -0.2) is 40.6 Å². The first-order valence-electron chi connectivity index (χ1n) is 11.0. The lowest BCUT2D eigenvalue weighted by atomic mass is 9.66. The Kier molecular flexibility index (Phi) is 4.91. The maximum atomic E-state index is 13.5. The maximum absolute atomic E-state index is 13.5. The van der Waals surface area contributed by atoms with Crippen molar-refractivity contribution >= 4 is 5.91 Å². The molecule has 0 bridgehead atoms. The predicted octanol–water partition coefficient (Wildman–Crippen LogP) is 1.82. The van der Waals surface area contributed by atoms with Crippen molar-refractivity contribution in [3.05, 3.63) is 35.9 Å². The summed E-state index contributed by atoms with van der Waals surface area (Å²) in [5.74, 6) is 0.561. The Hall–Kier alpha value is -1.47. The number of fused-ring (bicyclic) bond motifs is 2. The molecule has 1 aromatic carbocycles. The van der Waals surface area contributed by atoms with Crippen LogP contribution in [0, 0.1) is 11.8 Å². The van der Waals surface area contributed by atoms with Gasteiger partial charge in [-0.3, -0.25) is 4.79 Å². The van der Waals surface area contributed by atoms with E-state index in [1.807, 2.05) is 18.2 Å². The topological polar surface area (TPSA) is 76.6 Å². The molecule has 6 heteroatoms. The number of rotatable bonds is 2. The van der Waals surface area contributed by atoms with E-state index in [1.165, 1.54) is 0 Å². The highest BCUT2D eigenvalue weighted by Crippen LogP contribution is 2.47. The summed E-state index contributed by atoms with van der Waals surface area (Å²) in [4.78, 5) is 15.7. The average Bonchev–Trinajstić information content (AvgIpc) is 3.22. The van der Waals surface area contributed by atoms with Gasteiger partial charge in [0, 0.05) is 36.5 Å². The lowest BCUT2D eigenvalue weighted by Gasteiger charge is -2.53. The fourth-order valence-electron chi connectivity index (χ4n) is 6.23. The second-order valence-electron chi connectivity index (χ2n) is 9.17. The number of piperidine rings is 1. The van der Waals surface area contributed by atoms with Gasteiger partial charge in [0.1, 0.15) is 0 Å². The van der Waals surface area contributed by atoms with E-state index < -0.39 is 5.60 Å². The number of hydrogen-bond acceptors (Lipinski definition) is 5. The summed E-state index contributed by atoms with van der Waals surface area (Å²) in [5.41, 5.74) is 9.75. The minimum Gasteiger partial charge on any atom is -0.385 e. The molecule has 6 atom stereocenters. The SMILES string of the molecule is O=C(C1CCC2NNNC2C1)N1CC[C@](O)(c2ccccc2)[C@@H]2CCCC[C@H]21. The number of nitrogens with zero attached hydrogens (tertiary/aromatic N) is 1. The van der Waals surface area contributed by atoms with Gasteiger partial charge >= 0.3 is 0 Å². The first-order chi connectivity index (χ1) is 13.7. The molecule has 6 nitrogen and oxygen atoms in total. The van der Waals surface area contributed by atoms with E-state index >= 15 is 0 Å². The Bertz CT molecular complexity index is 714. The van der Waals surface area contributed by atoms with Crippen molar-refractivity contribution < 1.29 is 9.90 Å². The maximum Gasteiger partial charge on any atom is 0.226 e. The van der Waals surface area contributed by atoms with Crippen LogP contribution < -0.4 is 16.4 Å². The summed E-state index contributed by atoms with van der Waals surface area (Å²) in [6.07, 6.45) is 7.83. The van der Waals surface area contributed by atoms with Gasteiger partial charge < -0.3 is 10.0 Å². The lowest BCUT2D eigenvalue weighted by Crippen LogP contribution is -2.60. The van der Waals surface area contributed by atoms with Crippen LogP contribution in [0.3, 0.4) is 0 Å². The number of hydrazine groups is 2. The molecule has 0 radical (unpaired) electrons. The summed E-state index contributed by atoms with van der Waals surface area (Å²) in [6, 6.07) is 11.1. The first-order valence-corrected chi connectivity index (χ1v) is 11.0. The number of carbonyl (C=O) groups excluding carboxylic acids is 1. The van der Waals surface area contributed by atoms with E-state index in [2.05, 4.69) is 33.4 Å². The van der Waals surface area contributed by atoms with Gasteiger partial charge in [0.25, 0.3) is 0 Å². The Morgan fingerprint density at radius 3 is 2.68 bits per heavy atom. The molecule has 2 aliphatic carbocycles. The molecule has 4 N–H and O–H groups in total.